The van der Waals surface area contributed by atoms with Gasteiger partial charge >= 0.3 is 0 Å². The molecule has 0 heterocycles. The molecule has 0 spiro atoms. The second kappa shape index (κ2) is 8.10. The van der Waals surface area contributed by atoms with Gasteiger partial charge in [-0.15, -0.1) is 0 Å². The molecule has 0 saturated heterocycles. The molecule has 0 aliphatic carbocycles. The topological polar surface area (TPSA) is 12.0 Å². The van der Waals surface area contributed by atoms with E-state index in [0.717, 1.165) is 19.5 Å². The Labute approximate surface area is 112 Å². The summed E-state index contributed by atoms with van der Waals surface area (Å²) in [5.41, 5.74) is 4.30. The molecule has 0 saturated carbocycles. The second-order valence-corrected chi connectivity index (χ2v) is 5.10. The first-order valence-corrected chi connectivity index (χ1v) is 7.18. The molecule has 0 aliphatic heterocycles. The number of hydrogen-bond acceptors (Lipinski definition) is 1. The molecule has 0 aliphatic rings. The van der Waals surface area contributed by atoms with Gasteiger partial charge in [0.1, 0.15) is 0 Å². The van der Waals surface area contributed by atoms with E-state index in [1.165, 1.54) is 23.1 Å². The summed E-state index contributed by atoms with van der Waals surface area (Å²) >= 11 is 0. The summed E-state index contributed by atoms with van der Waals surface area (Å²) in [6.07, 6.45) is 4.66. The molecule has 1 nitrogen and oxygen atoms in total. The molecule has 0 radical (unpaired) electrons. The van der Waals surface area contributed by atoms with E-state index in [2.05, 4.69) is 63.4 Å². The van der Waals surface area contributed by atoms with Crippen molar-refractivity contribution in [1.29, 1.82) is 0 Å². The third-order valence-corrected chi connectivity index (χ3v) is 3.27. The van der Waals surface area contributed by atoms with Crippen LogP contribution in [0.5, 0.6) is 0 Å². The Balaban J connectivity index is 2.86. The van der Waals surface area contributed by atoms with Crippen molar-refractivity contribution in [2.24, 2.45) is 5.92 Å². The predicted octanol–water partition coefficient (Wildman–Crippen LogP) is 4.29. The minimum Gasteiger partial charge on any atom is -0.313 e. The minimum atomic E-state index is 0.597. The van der Waals surface area contributed by atoms with Gasteiger partial charge in [-0.2, -0.15) is 0 Å². The van der Waals surface area contributed by atoms with E-state index in [4.69, 9.17) is 0 Å². The van der Waals surface area contributed by atoms with Crippen LogP contribution in [0.15, 0.2) is 29.8 Å². The average molecular weight is 245 g/mol. The quantitative estimate of drug-likeness (QED) is 0.707. The fourth-order valence-electron chi connectivity index (χ4n) is 2.03. The highest BCUT2D eigenvalue weighted by Crippen LogP contribution is 2.17. The molecule has 18 heavy (non-hydrogen) atoms. The van der Waals surface area contributed by atoms with E-state index in [1.807, 2.05) is 0 Å². The second-order valence-electron chi connectivity index (χ2n) is 5.10. The summed E-state index contributed by atoms with van der Waals surface area (Å²) in [5, 5.41) is 3.51. The Hall–Kier alpha value is -1.08. The molecule has 1 aromatic rings. The smallest absolute Gasteiger partial charge is 0.0170 e. The summed E-state index contributed by atoms with van der Waals surface area (Å²) in [4.78, 5) is 0. The zero-order valence-corrected chi connectivity index (χ0v) is 12.3. The van der Waals surface area contributed by atoms with Gasteiger partial charge in [-0.25, -0.2) is 0 Å². The summed E-state index contributed by atoms with van der Waals surface area (Å²) in [5.74, 6) is 0.597. The maximum Gasteiger partial charge on any atom is 0.0170 e. The van der Waals surface area contributed by atoms with Crippen molar-refractivity contribution < 1.29 is 0 Å². The summed E-state index contributed by atoms with van der Waals surface area (Å²) < 4.78 is 0. The van der Waals surface area contributed by atoms with Gasteiger partial charge in [0.2, 0.25) is 0 Å². The standard InChI is InChI=1S/C17H27N/c1-5-11-18-13-17(14(3)4)12-16-10-8-7-9-15(16)6-2/h7-10,12,14,18H,5-6,11,13H2,1-4H3. The van der Waals surface area contributed by atoms with Crippen LogP contribution in [-0.2, 0) is 6.42 Å². The first-order valence-electron chi connectivity index (χ1n) is 7.18. The number of nitrogens with one attached hydrogen (secondary N) is 1. The van der Waals surface area contributed by atoms with Gasteiger partial charge in [-0.3, -0.25) is 0 Å². The lowest BCUT2D eigenvalue weighted by Gasteiger charge is -2.14. The van der Waals surface area contributed by atoms with Crippen LogP contribution >= 0.6 is 0 Å². The van der Waals surface area contributed by atoms with Crippen molar-refractivity contribution in [3.05, 3.63) is 41.0 Å². The zero-order chi connectivity index (χ0) is 13.4. The molecule has 1 aromatic carbocycles. The van der Waals surface area contributed by atoms with Crippen LogP contribution in [0.4, 0.5) is 0 Å². The van der Waals surface area contributed by atoms with Crippen LogP contribution in [-0.4, -0.2) is 13.1 Å². The van der Waals surface area contributed by atoms with E-state index in [1.54, 1.807) is 0 Å². The highest BCUT2D eigenvalue weighted by atomic mass is 14.8. The lowest BCUT2D eigenvalue weighted by Crippen LogP contribution is -2.20. The Bertz CT molecular complexity index is 377. The molecule has 0 bridgehead atoms. The van der Waals surface area contributed by atoms with Crippen LogP contribution in [0.25, 0.3) is 6.08 Å². The number of rotatable bonds is 7. The highest BCUT2D eigenvalue weighted by Gasteiger charge is 2.04. The highest BCUT2D eigenvalue weighted by molar-refractivity contribution is 5.57. The summed E-state index contributed by atoms with van der Waals surface area (Å²) in [6.45, 7) is 11.1. The normalized spacial score (nSPS) is 12.2. The Kier molecular flexibility index (Phi) is 6.74. The van der Waals surface area contributed by atoms with E-state index < -0.39 is 0 Å². The van der Waals surface area contributed by atoms with Crippen molar-refractivity contribution in [1.82, 2.24) is 5.32 Å². The first-order chi connectivity index (χ1) is 8.69. The SMILES string of the molecule is CCCNCC(=Cc1ccccc1CC)C(C)C. The van der Waals surface area contributed by atoms with Crippen LogP contribution in [0.2, 0.25) is 0 Å². The lowest BCUT2D eigenvalue weighted by molar-refractivity contribution is 0.657. The first kappa shape index (κ1) is 15.0. The molecule has 1 rings (SSSR count). The van der Waals surface area contributed by atoms with Gasteiger partial charge in [-0.05, 0) is 36.4 Å². The zero-order valence-electron chi connectivity index (χ0n) is 12.3. The Morgan fingerprint density at radius 3 is 2.56 bits per heavy atom. The molecule has 0 fully saturated rings. The van der Waals surface area contributed by atoms with Crippen molar-refractivity contribution in [2.75, 3.05) is 13.1 Å². The fraction of sp³-hybridized carbons (Fsp3) is 0.529. The van der Waals surface area contributed by atoms with E-state index in [0.29, 0.717) is 5.92 Å². The maximum atomic E-state index is 3.51. The summed E-state index contributed by atoms with van der Waals surface area (Å²) in [6, 6.07) is 8.70. The predicted molar refractivity (Wildman–Crippen MR) is 81.8 cm³/mol. The van der Waals surface area contributed by atoms with E-state index in [-0.39, 0.29) is 0 Å². The number of benzene rings is 1. The van der Waals surface area contributed by atoms with Crippen LogP contribution in [0.3, 0.4) is 0 Å². The van der Waals surface area contributed by atoms with Gasteiger partial charge < -0.3 is 5.32 Å². The molecule has 1 heteroatoms. The fourth-order valence-corrected chi connectivity index (χ4v) is 2.03. The Morgan fingerprint density at radius 2 is 1.94 bits per heavy atom. The van der Waals surface area contributed by atoms with E-state index in [9.17, 15) is 0 Å². The monoisotopic (exact) mass is 245 g/mol. The maximum absolute atomic E-state index is 3.51. The molecular formula is C17H27N. The third kappa shape index (κ3) is 4.66. The van der Waals surface area contributed by atoms with Gasteiger partial charge in [-0.1, -0.05) is 63.6 Å². The van der Waals surface area contributed by atoms with Crippen molar-refractivity contribution in [2.45, 2.75) is 40.5 Å². The van der Waals surface area contributed by atoms with Gasteiger partial charge in [0.05, 0.1) is 0 Å². The molecule has 1 N–H and O–H groups in total. The molecule has 100 valence electrons. The van der Waals surface area contributed by atoms with Crippen molar-refractivity contribution in [3.63, 3.8) is 0 Å². The van der Waals surface area contributed by atoms with Crippen LogP contribution < -0.4 is 5.32 Å². The molecule has 0 atom stereocenters. The molecule has 0 amide bonds. The lowest BCUT2D eigenvalue weighted by atomic mass is 9.97. The van der Waals surface area contributed by atoms with Crippen LogP contribution in [0, 0.1) is 5.92 Å². The number of hydrogen-bond donors (Lipinski definition) is 1. The minimum absolute atomic E-state index is 0.597. The van der Waals surface area contributed by atoms with Crippen molar-refractivity contribution in [3.8, 4) is 0 Å². The molecule has 0 unspecified atom stereocenters. The van der Waals surface area contributed by atoms with E-state index >= 15 is 0 Å². The van der Waals surface area contributed by atoms with Gasteiger partial charge in [0, 0.05) is 6.54 Å². The molecule has 0 aromatic heterocycles. The van der Waals surface area contributed by atoms with Gasteiger partial charge in [0.25, 0.3) is 0 Å². The molecular weight excluding hydrogens is 218 g/mol. The summed E-state index contributed by atoms with van der Waals surface area (Å²) in [7, 11) is 0. The number of aryl methyl sites for hydroxylation is 1. The van der Waals surface area contributed by atoms with Gasteiger partial charge in [0.15, 0.2) is 0 Å². The third-order valence-electron chi connectivity index (χ3n) is 3.27. The average Bonchev–Trinajstić information content (AvgIpc) is 2.38. The van der Waals surface area contributed by atoms with Crippen LogP contribution in [0.1, 0.15) is 45.2 Å². The Morgan fingerprint density at radius 1 is 1.22 bits per heavy atom. The van der Waals surface area contributed by atoms with Crippen molar-refractivity contribution >= 4 is 6.08 Å². The largest absolute Gasteiger partial charge is 0.313 e.